The highest BCUT2D eigenvalue weighted by molar-refractivity contribution is 5.89. The molecule has 2 rings (SSSR count). The summed E-state index contributed by atoms with van der Waals surface area (Å²) in [5, 5.41) is 0. The van der Waals surface area contributed by atoms with E-state index in [4.69, 9.17) is 9.47 Å². The van der Waals surface area contributed by atoms with Crippen LogP contribution in [0.1, 0.15) is 10.4 Å². The van der Waals surface area contributed by atoms with E-state index in [9.17, 15) is 4.79 Å². The van der Waals surface area contributed by atoms with Gasteiger partial charge in [-0.3, -0.25) is 0 Å². The number of carbonyl (C=O) groups excluding carboxylic acids is 1. The fourth-order valence-electron chi connectivity index (χ4n) is 1.47. The van der Waals surface area contributed by atoms with Crippen LogP contribution in [0.25, 0.3) is 0 Å². The lowest BCUT2D eigenvalue weighted by Gasteiger charge is -2.07. The summed E-state index contributed by atoms with van der Waals surface area (Å²) in [7, 11) is 0. The number of rotatable bonds is 5. The number of carbonyl (C=O) groups is 1. The second kappa shape index (κ2) is 6.45. The fourth-order valence-corrected chi connectivity index (χ4v) is 1.47. The van der Waals surface area contributed by atoms with Crippen LogP contribution >= 0.6 is 0 Å². The first kappa shape index (κ1) is 12.2. The molecule has 0 aliphatic rings. The van der Waals surface area contributed by atoms with E-state index >= 15 is 0 Å². The molecule has 92 valence electrons. The van der Waals surface area contributed by atoms with Gasteiger partial charge in [0.2, 0.25) is 0 Å². The van der Waals surface area contributed by atoms with Gasteiger partial charge < -0.3 is 9.47 Å². The van der Waals surface area contributed by atoms with Gasteiger partial charge in [0.05, 0.1) is 5.56 Å². The summed E-state index contributed by atoms with van der Waals surface area (Å²) in [5.41, 5.74) is 0.553. The Bertz CT molecular complexity index is 480. The van der Waals surface area contributed by atoms with Crippen LogP contribution in [0.15, 0.2) is 60.7 Å². The van der Waals surface area contributed by atoms with Crippen LogP contribution in [0.2, 0.25) is 0 Å². The topological polar surface area (TPSA) is 35.5 Å². The molecule has 0 spiro atoms. The van der Waals surface area contributed by atoms with Crippen molar-refractivity contribution in [2.45, 2.75) is 0 Å². The van der Waals surface area contributed by atoms with Gasteiger partial charge >= 0.3 is 5.97 Å². The van der Waals surface area contributed by atoms with Crippen molar-refractivity contribution in [3.63, 3.8) is 0 Å². The molecule has 3 nitrogen and oxygen atoms in total. The molecular formula is C15H14O3. The van der Waals surface area contributed by atoms with Crippen molar-refractivity contribution in [2.75, 3.05) is 13.2 Å². The standard InChI is InChI=1S/C15H14O3/c16-15(13-7-3-1-4-8-13)18-12-11-17-14-9-5-2-6-10-14/h1-10H,11-12H2. The molecule has 3 heteroatoms. The Kier molecular flexibility index (Phi) is 4.36. The first-order valence-corrected chi connectivity index (χ1v) is 5.76. The Balaban J connectivity index is 1.72. The molecule has 0 saturated carbocycles. The number of ether oxygens (including phenoxy) is 2. The molecule has 0 fully saturated rings. The fraction of sp³-hybridized carbons (Fsp3) is 0.133. The highest BCUT2D eigenvalue weighted by Gasteiger charge is 2.05. The van der Waals surface area contributed by atoms with Crippen molar-refractivity contribution in [1.29, 1.82) is 0 Å². The SMILES string of the molecule is O=C(OCCOc1ccccc1)c1ccccc1. The highest BCUT2D eigenvalue weighted by atomic mass is 16.6. The summed E-state index contributed by atoms with van der Waals surface area (Å²) in [5.74, 6) is 0.445. The van der Waals surface area contributed by atoms with Gasteiger partial charge in [0.1, 0.15) is 19.0 Å². The van der Waals surface area contributed by atoms with Gasteiger partial charge in [-0.05, 0) is 24.3 Å². The molecule has 18 heavy (non-hydrogen) atoms. The van der Waals surface area contributed by atoms with E-state index in [1.54, 1.807) is 24.3 Å². The molecule has 0 aliphatic heterocycles. The smallest absolute Gasteiger partial charge is 0.338 e. The summed E-state index contributed by atoms with van der Waals surface area (Å²) in [4.78, 5) is 11.6. The molecule has 2 aromatic carbocycles. The van der Waals surface area contributed by atoms with Crippen LogP contribution in [0.5, 0.6) is 5.75 Å². The average molecular weight is 242 g/mol. The lowest BCUT2D eigenvalue weighted by molar-refractivity contribution is 0.0450. The summed E-state index contributed by atoms with van der Waals surface area (Å²) in [6, 6.07) is 18.3. The van der Waals surface area contributed by atoms with Gasteiger partial charge in [-0.1, -0.05) is 36.4 Å². The maximum atomic E-state index is 11.6. The molecule has 0 aromatic heterocycles. The maximum Gasteiger partial charge on any atom is 0.338 e. The van der Waals surface area contributed by atoms with Gasteiger partial charge in [-0.25, -0.2) is 4.79 Å². The Morgan fingerprint density at radius 2 is 1.44 bits per heavy atom. The molecule has 0 heterocycles. The van der Waals surface area contributed by atoms with Crippen molar-refractivity contribution in [2.24, 2.45) is 0 Å². The molecule has 0 saturated heterocycles. The van der Waals surface area contributed by atoms with Crippen molar-refractivity contribution in [3.8, 4) is 5.75 Å². The Labute approximate surface area is 106 Å². The van der Waals surface area contributed by atoms with Crippen LogP contribution < -0.4 is 4.74 Å². The van der Waals surface area contributed by atoms with Crippen molar-refractivity contribution < 1.29 is 14.3 Å². The van der Waals surface area contributed by atoms with Crippen LogP contribution in [0.3, 0.4) is 0 Å². The number of para-hydroxylation sites is 1. The quantitative estimate of drug-likeness (QED) is 0.597. The van der Waals surface area contributed by atoms with E-state index in [1.165, 1.54) is 0 Å². The Morgan fingerprint density at radius 3 is 2.11 bits per heavy atom. The maximum absolute atomic E-state index is 11.6. The van der Waals surface area contributed by atoms with E-state index in [0.717, 1.165) is 5.75 Å². The number of esters is 1. The number of hydrogen-bond acceptors (Lipinski definition) is 3. The Hall–Kier alpha value is -2.29. The summed E-state index contributed by atoms with van der Waals surface area (Å²) in [6.07, 6.45) is 0. The van der Waals surface area contributed by atoms with E-state index in [1.807, 2.05) is 36.4 Å². The highest BCUT2D eigenvalue weighted by Crippen LogP contribution is 2.08. The first-order valence-electron chi connectivity index (χ1n) is 5.76. The average Bonchev–Trinajstić information content (AvgIpc) is 2.45. The number of hydrogen-bond donors (Lipinski definition) is 0. The van der Waals surface area contributed by atoms with Gasteiger partial charge in [0.15, 0.2) is 0 Å². The largest absolute Gasteiger partial charge is 0.490 e. The third-order valence-corrected chi connectivity index (χ3v) is 2.34. The molecule has 0 atom stereocenters. The molecule has 0 bridgehead atoms. The van der Waals surface area contributed by atoms with Crippen LogP contribution in [-0.4, -0.2) is 19.2 Å². The molecule has 0 amide bonds. The molecule has 0 N–H and O–H groups in total. The van der Waals surface area contributed by atoms with Crippen LogP contribution in [0, 0.1) is 0 Å². The lowest BCUT2D eigenvalue weighted by atomic mass is 10.2. The van der Waals surface area contributed by atoms with E-state index < -0.39 is 0 Å². The predicted molar refractivity (Wildman–Crippen MR) is 68.7 cm³/mol. The summed E-state index contributed by atoms with van der Waals surface area (Å²) in [6.45, 7) is 0.589. The lowest BCUT2D eigenvalue weighted by Crippen LogP contribution is -2.12. The van der Waals surface area contributed by atoms with Gasteiger partial charge in [0, 0.05) is 0 Å². The van der Waals surface area contributed by atoms with Crippen molar-refractivity contribution in [1.82, 2.24) is 0 Å². The molecule has 0 radical (unpaired) electrons. The third-order valence-electron chi connectivity index (χ3n) is 2.34. The number of benzene rings is 2. The third kappa shape index (κ3) is 3.63. The summed E-state index contributed by atoms with van der Waals surface area (Å²) < 4.78 is 10.5. The van der Waals surface area contributed by atoms with Gasteiger partial charge in [-0.2, -0.15) is 0 Å². The van der Waals surface area contributed by atoms with E-state index in [-0.39, 0.29) is 12.6 Å². The predicted octanol–water partition coefficient (Wildman–Crippen LogP) is 2.92. The zero-order valence-electron chi connectivity index (χ0n) is 9.91. The second-order valence-corrected chi connectivity index (χ2v) is 3.66. The Morgan fingerprint density at radius 1 is 0.833 bits per heavy atom. The zero-order chi connectivity index (χ0) is 12.6. The molecular weight excluding hydrogens is 228 g/mol. The minimum Gasteiger partial charge on any atom is -0.490 e. The second-order valence-electron chi connectivity index (χ2n) is 3.66. The minimum absolute atomic E-state index is 0.239. The molecule has 0 aliphatic carbocycles. The normalized spacial score (nSPS) is 9.78. The molecule has 0 unspecified atom stereocenters. The van der Waals surface area contributed by atoms with Crippen LogP contribution in [-0.2, 0) is 4.74 Å². The van der Waals surface area contributed by atoms with Crippen LogP contribution in [0.4, 0.5) is 0 Å². The summed E-state index contributed by atoms with van der Waals surface area (Å²) >= 11 is 0. The van der Waals surface area contributed by atoms with Gasteiger partial charge in [0.25, 0.3) is 0 Å². The first-order chi connectivity index (χ1) is 8.86. The van der Waals surface area contributed by atoms with Crippen molar-refractivity contribution in [3.05, 3.63) is 66.2 Å². The van der Waals surface area contributed by atoms with E-state index in [2.05, 4.69) is 0 Å². The minimum atomic E-state index is -0.327. The zero-order valence-corrected chi connectivity index (χ0v) is 9.91. The van der Waals surface area contributed by atoms with E-state index in [0.29, 0.717) is 12.2 Å². The van der Waals surface area contributed by atoms with Gasteiger partial charge in [-0.15, -0.1) is 0 Å². The monoisotopic (exact) mass is 242 g/mol. The molecule has 2 aromatic rings. The van der Waals surface area contributed by atoms with Crippen molar-refractivity contribution >= 4 is 5.97 Å².